The van der Waals surface area contributed by atoms with Gasteiger partial charge in [-0.05, 0) is 60.9 Å². The summed E-state index contributed by atoms with van der Waals surface area (Å²) in [6.45, 7) is 6.73. The zero-order chi connectivity index (χ0) is 22.2. The van der Waals surface area contributed by atoms with Crippen LogP contribution in [0, 0.1) is 5.92 Å². The van der Waals surface area contributed by atoms with Crippen molar-refractivity contribution in [3.05, 3.63) is 95.6 Å². The van der Waals surface area contributed by atoms with Crippen molar-refractivity contribution in [1.82, 2.24) is 5.32 Å². The van der Waals surface area contributed by atoms with E-state index in [1.165, 1.54) is 0 Å². The van der Waals surface area contributed by atoms with E-state index in [2.05, 4.69) is 24.5 Å². The molecular weight excluding hydrogens is 388 g/mol. The van der Waals surface area contributed by atoms with Crippen LogP contribution in [0.15, 0.2) is 78.9 Å². The van der Waals surface area contributed by atoms with Crippen LogP contribution in [0.4, 0.5) is 5.69 Å². The summed E-state index contributed by atoms with van der Waals surface area (Å²) in [4.78, 5) is 25.2. The fourth-order valence-electron chi connectivity index (χ4n) is 3.01. The summed E-state index contributed by atoms with van der Waals surface area (Å²) in [5, 5.41) is 5.83. The quantitative estimate of drug-likeness (QED) is 0.512. The van der Waals surface area contributed by atoms with Crippen LogP contribution in [-0.4, -0.2) is 18.4 Å². The Balaban J connectivity index is 1.62. The number of nitrogens with one attached hydrogen (secondary N) is 2. The minimum absolute atomic E-state index is 0.122. The number of anilines is 1. The molecule has 0 radical (unpaired) electrons. The van der Waals surface area contributed by atoms with E-state index in [9.17, 15) is 9.59 Å². The van der Waals surface area contributed by atoms with Gasteiger partial charge in [0.15, 0.2) is 0 Å². The number of rotatable bonds is 8. The number of carbonyl (C=O) groups is 2. The molecule has 0 aromatic heterocycles. The summed E-state index contributed by atoms with van der Waals surface area (Å²) < 4.78 is 5.65. The zero-order valence-corrected chi connectivity index (χ0v) is 18.1. The lowest BCUT2D eigenvalue weighted by atomic mass is 10.1. The van der Waals surface area contributed by atoms with Crippen molar-refractivity contribution in [1.29, 1.82) is 0 Å². The van der Waals surface area contributed by atoms with Gasteiger partial charge in [0.1, 0.15) is 5.75 Å². The molecule has 0 saturated heterocycles. The molecule has 0 bridgehead atoms. The predicted octanol–water partition coefficient (Wildman–Crippen LogP) is 5.46. The molecule has 0 saturated carbocycles. The molecular formula is C26H28N2O3. The summed E-state index contributed by atoms with van der Waals surface area (Å²) in [6, 6.07) is 23.6. The number of hydrogen-bond acceptors (Lipinski definition) is 3. The van der Waals surface area contributed by atoms with Crippen molar-refractivity contribution in [2.24, 2.45) is 5.92 Å². The minimum Gasteiger partial charge on any atom is -0.493 e. The third-order valence-electron chi connectivity index (χ3n) is 4.73. The van der Waals surface area contributed by atoms with Gasteiger partial charge in [-0.25, -0.2) is 0 Å². The van der Waals surface area contributed by atoms with Gasteiger partial charge in [-0.15, -0.1) is 0 Å². The van der Waals surface area contributed by atoms with Crippen molar-refractivity contribution in [3.8, 4) is 5.75 Å². The second kappa shape index (κ2) is 10.4. The van der Waals surface area contributed by atoms with E-state index in [0.29, 0.717) is 29.3 Å². The van der Waals surface area contributed by atoms with E-state index in [-0.39, 0.29) is 17.9 Å². The van der Waals surface area contributed by atoms with Gasteiger partial charge in [0, 0.05) is 16.8 Å². The highest BCUT2D eigenvalue weighted by Crippen LogP contribution is 2.17. The molecule has 0 heterocycles. The second-order valence-corrected chi connectivity index (χ2v) is 7.87. The van der Waals surface area contributed by atoms with Gasteiger partial charge in [0.2, 0.25) is 0 Å². The number of amides is 2. The van der Waals surface area contributed by atoms with Crippen LogP contribution >= 0.6 is 0 Å². The lowest BCUT2D eigenvalue weighted by Crippen LogP contribution is -2.26. The Morgan fingerprint density at radius 2 is 1.52 bits per heavy atom. The van der Waals surface area contributed by atoms with Crippen LogP contribution in [0.5, 0.6) is 5.75 Å². The molecule has 160 valence electrons. The van der Waals surface area contributed by atoms with Gasteiger partial charge in [0.25, 0.3) is 11.8 Å². The highest BCUT2D eigenvalue weighted by molar-refractivity contribution is 6.05. The van der Waals surface area contributed by atoms with Crippen molar-refractivity contribution < 1.29 is 14.3 Å². The van der Waals surface area contributed by atoms with E-state index < -0.39 is 0 Å². The predicted molar refractivity (Wildman–Crippen MR) is 123 cm³/mol. The Kier molecular flexibility index (Phi) is 7.44. The smallest absolute Gasteiger partial charge is 0.255 e. The zero-order valence-electron chi connectivity index (χ0n) is 18.1. The van der Waals surface area contributed by atoms with E-state index in [1.54, 1.807) is 48.5 Å². The Hall–Kier alpha value is -3.60. The molecule has 3 rings (SSSR count). The first-order valence-electron chi connectivity index (χ1n) is 10.4. The summed E-state index contributed by atoms with van der Waals surface area (Å²) in [7, 11) is 0. The largest absolute Gasteiger partial charge is 0.493 e. The van der Waals surface area contributed by atoms with Gasteiger partial charge in [-0.2, -0.15) is 0 Å². The molecule has 3 aromatic carbocycles. The van der Waals surface area contributed by atoms with E-state index >= 15 is 0 Å². The lowest BCUT2D eigenvalue weighted by molar-refractivity contribution is 0.0938. The van der Waals surface area contributed by atoms with Crippen LogP contribution in [0.3, 0.4) is 0 Å². The molecule has 3 aromatic rings. The molecule has 5 nitrogen and oxygen atoms in total. The average molecular weight is 417 g/mol. The van der Waals surface area contributed by atoms with E-state index in [0.717, 1.165) is 11.3 Å². The summed E-state index contributed by atoms with van der Waals surface area (Å²) in [6.07, 6.45) is 0. The molecule has 1 atom stereocenters. The van der Waals surface area contributed by atoms with Crippen molar-refractivity contribution in [2.45, 2.75) is 26.8 Å². The molecule has 31 heavy (non-hydrogen) atoms. The highest BCUT2D eigenvalue weighted by Gasteiger charge is 2.13. The monoisotopic (exact) mass is 416 g/mol. The first-order valence-corrected chi connectivity index (χ1v) is 10.4. The van der Waals surface area contributed by atoms with Gasteiger partial charge >= 0.3 is 0 Å². The van der Waals surface area contributed by atoms with Gasteiger partial charge in [-0.3, -0.25) is 9.59 Å². The normalized spacial score (nSPS) is 11.6. The SMILES string of the molecule is CC(C)COc1ccc(C(=O)Nc2cccc(C(=O)NC(C)c3ccccc3)c2)cc1. The second-order valence-electron chi connectivity index (χ2n) is 7.87. The highest BCUT2D eigenvalue weighted by atomic mass is 16.5. The molecule has 0 aliphatic rings. The fraction of sp³-hybridized carbons (Fsp3) is 0.231. The Labute approximate surface area is 183 Å². The first-order chi connectivity index (χ1) is 14.9. The Morgan fingerprint density at radius 3 is 2.19 bits per heavy atom. The molecule has 0 aliphatic heterocycles. The molecule has 2 N–H and O–H groups in total. The Morgan fingerprint density at radius 1 is 0.806 bits per heavy atom. The number of ether oxygens (including phenoxy) is 1. The Bertz CT molecular complexity index is 1010. The average Bonchev–Trinajstić information content (AvgIpc) is 2.78. The lowest BCUT2D eigenvalue weighted by Gasteiger charge is -2.15. The van der Waals surface area contributed by atoms with Gasteiger partial charge in [0.05, 0.1) is 12.6 Å². The molecule has 0 fully saturated rings. The van der Waals surface area contributed by atoms with Crippen LogP contribution in [0.2, 0.25) is 0 Å². The van der Waals surface area contributed by atoms with Crippen LogP contribution in [0.25, 0.3) is 0 Å². The minimum atomic E-state index is -0.245. The number of hydrogen-bond donors (Lipinski definition) is 2. The molecule has 1 unspecified atom stereocenters. The third kappa shape index (κ3) is 6.44. The topological polar surface area (TPSA) is 67.4 Å². The van der Waals surface area contributed by atoms with Crippen LogP contribution in [-0.2, 0) is 0 Å². The number of benzene rings is 3. The number of carbonyl (C=O) groups excluding carboxylic acids is 2. The van der Waals surface area contributed by atoms with E-state index in [1.807, 2.05) is 37.3 Å². The van der Waals surface area contributed by atoms with Gasteiger partial charge in [-0.1, -0.05) is 50.2 Å². The summed E-state index contributed by atoms with van der Waals surface area (Å²) in [5.41, 5.74) is 2.59. The first kappa shape index (κ1) is 22.1. The molecule has 0 aliphatic carbocycles. The fourth-order valence-corrected chi connectivity index (χ4v) is 3.01. The van der Waals surface area contributed by atoms with Crippen molar-refractivity contribution in [2.75, 3.05) is 11.9 Å². The van der Waals surface area contributed by atoms with Gasteiger partial charge < -0.3 is 15.4 Å². The van der Waals surface area contributed by atoms with Crippen LogP contribution < -0.4 is 15.4 Å². The summed E-state index contributed by atoms with van der Waals surface area (Å²) >= 11 is 0. The maximum atomic E-state index is 12.6. The molecule has 2 amide bonds. The maximum absolute atomic E-state index is 12.6. The van der Waals surface area contributed by atoms with Crippen molar-refractivity contribution in [3.63, 3.8) is 0 Å². The van der Waals surface area contributed by atoms with Crippen LogP contribution in [0.1, 0.15) is 53.1 Å². The third-order valence-corrected chi connectivity index (χ3v) is 4.73. The van der Waals surface area contributed by atoms with Crippen molar-refractivity contribution >= 4 is 17.5 Å². The summed E-state index contributed by atoms with van der Waals surface area (Å²) in [5.74, 6) is 0.726. The maximum Gasteiger partial charge on any atom is 0.255 e. The molecule has 5 heteroatoms. The van der Waals surface area contributed by atoms with E-state index in [4.69, 9.17) is 4.74 Å². The standard InChI is InChI=1S/C26H28N2O3/c1-18(2)17-31-24-14-12-21(13-15-24)25(29)28-23-11-7-10-22(16-23)26(30)27-19(3)20-8-5-4-6-9-20/h4-16,18-19H,17H2,1-3H3,(H,27,30)(H,28,29). The molecule has 0 spiro atoms.